The molecular formula is C13H20N4O. The first-order valence-electron chi connectivity index (χ1n) is 6.23. The third kappa shape index (κ3) is 2.67. The van der Waals surface area contributed by atoms with Crippen molar-refractivity contribution in [2.24, 2.45) is 0 Å². The normalized spacial score (nSPS) is 16.5. The highest BCUT2D eigenvalue weighted by Gasteiger charge is 2.16. The molecule has 1 saturated heterocycles. The molecule has 5 nitrogen and oxygen atoms in total. The van der Waals surface area contributed by atoms with Gasteiger partial charge in [-0.2, -0.15) is 0 Å². The molecule has 1 amide bonds. The van der Waals surface area contributed by atoms with E-state index < -0.39 is 0 Å². The summed E-state index contributed by atoms with van der Waals surface area (Å²) in [5.41, 5.74) is 13.8. The zero-order chi connectivity index (χ0) is 13.1. The summed E-state index contributed by atoms with van der Waals surface area (Å²) < 4.78 is 0. The maximum absolute atomic E-state index is 11.4. The molecule has 0 aliphatic carbocycles. The first kappa shape index (κ1) is 12.5. The summed E-state index contributed by atoms with van der Waals surface area (Å²) in [6.07, 6.45) is 0.976. The molecule has 1 fully saturated rings. The molecule has 4 N–H and O–H groups in total. The van der Waals surface area contributed by atoms with Gasteiger partial charge in [-0.1, -0.05) is 0 Å². The van der Waals surface area contributed by atoms with Crippen molar-refractivity contribution in [3.63, 3.8) is 0 Å². The summed E-state index contributed by atoms with van der Waals surface area (Å²) >= 11 is 0. The lowest BCUT2D eigenvalue weighted by atomic mass is 10.2. The minimum atomic E-state index is 0.147. The minimum absolute atomic E-state index is 0.147. The van der Waals surface area contributed by atoms with Gasteiger partial charge < -0.3 is 21.3 Å². The van der Waals surface area contributed by atoms with Crippen LogP contribution in [0.5, 0.6) is 0 Å². The Morgan fingerprint density at radius 1 is 1.11 bits per heavy atom. The minimum Gasteiger partial charge on any atom is -0.397 e. The van der Waals surface area contributed by atoms with E-state index in [4.69, 9.17) is 11.5 Å². The Balaban J connectivity index is 2.09. The molecule has 0 atom stereocenters. The van der Waals surface area contributed by atoms with Crippen molar-refractivity contribution in [1.82, 2.24) is 4.90 Å². The number of carbonyl (C=O) groups excluding carboxylic acids is 1. The standard InChI is InChI=1S/C13H20N4O/c1-10(18)16-5-2-6-17(8-7-16)11-3-4-12(14)13(15)9-11/h3-4,9H,2,5-8,14-15H2,1H3. The van der Waals surface area contributed by atoms with Crippen LogP contribution in [0.2, 0.25) is 0 Å². The maximum Gasteiger partial charge on any atom is 0.219 e. The molecular weight excluding hydrogens is 228 g/mol. The highest BCUT2D eigenvalue weighted by molar-refractivity contribution is 5.73. The molecule has 1 aliphatic heterocycles. The quantitative estimate of drug-likeness (QED) is 0.724. The molecule has 1 heterocycles. The van der Waals surface area contributed by atoms with Gasteiger partial charge in [-0.25, -0.2) is 0 Å². The van der Waals surface area contributed by atoms with E-state index in [0.29, 0.717) is 11.4 Å². The number of carbonyl (C=O) groups is 1. The predicted octanol–water partition coefficient (Wildman–Crippen LogP) is 0.910. The number of hydrogen-bond donors (Lipinski definition) is 2. The van der Waals surface area contributed by atoms with Crippen LogP contribution in [-0.2, 0) is 4.79 Å². The Morgan fingerprint density at radius 3 is 2.56 bits per heavy atom. The fourth-order valence-electron chi connectivity index (χ4n) is 2.25. The Hall–Kier alpha value is -1.91. The van der Waals surface area contributed by atoms with Gasteiger partial charge in [-0.05, 0) is 24.6 Å². The van der Waals surface area contributed by atoms with Crippen molar-refractivity contribution < 1.29 is 4.79 Å². The summed E-state index contributed by atoms with van der Waals surface area (Å²) in [6, 6.07) is 5.71. The van der Waals surface area contributed by atoms with E-state index in [1.165, 1.54) is 0 Å². The van der Waals surface area contributed by atoms with Crippen LogP contribution < -0.4 is 16.4 Å². The molecule has 0 aromatic heterocycles. The second-order valence-corrected chi connectivity index (χ2v) is 4.66. The second-order valence-electron chi connectivity index (χ2n) is 4.66. The number of anilines is 3. The molecule has 98 valence electrons. The van der Waals surface area contributed by atoms with Gasteiger partial charge >= 0.3 is 0 Å². The molecule has 18 heavy (non-hydrogen) atoms. The van der Waals surface area contributed by atoms with Crippen LogP contribution in [0.1, 0.15) is 13.3 Å². The average molecular weight is 248 g/mol. The maximum atomic E-state index is 11.4. The molecule has 0 radical (unpaired) electrons. The summed E-state index contributed by atoms with van der Waals surface area (Å²) in [7, 11) is 0. The SMILES string of the molecule is CC(=O)N1CCCN(c2ccc(N)c(N)c2)CC1. The van der Waals surface area contributed by atoms with Crippen molar-refractivity contribution in [2.45, 2.75) is 13.3 Å². The van der Waals surface area contributed by atoms with Crippen molar-refractivity contribution in [3.05, 3.63) is 18.2 Å². The van der Waals surface area contributed by atoms with E-state index in [1.807, 2.05) is 23.1 Å². The molecule has 0 unspecified atom stereocenters. The van der Waals surface area contributed by atoms with Gasteiger partial charge in [0.2, 0.25) is 5.91 Å². The van der Waals surface area contributed by atoms with E-state index in [-0.39, 0.29) is 5.91 Å². The molecule has 2 rings (SSSR count). The van der Waals surface area contributed by atoms with Gasteiger partial charge in [0, 0.05) is 38.8 Å². The van der Waals surface area contributed by atoms with Crippen LogP contribution in [0.25, 0.3) is 0 Å². The van der Waals surface area contributed by atoms with Gasteiger partial charge in [-0.3, -0.25) is 4.79 Å². The monoisotopic (exact) mass is 248 g/mol. The third-order valence-corrected chi connectivity index (χ3v) is 3.38. The molecule has 5 heteroatoms. The van der Waals surface area contributed by atoms with Crippen LogP contribution >= 0.6 is 0 Å². The van der Waals surface area contributed by atoms with Crippen molar-refractivity contribution >= 4 is 23.0 Å². The summed E-state index contributed by atoms with van der Waals surface area (Å²) in [4.78, 5) is 15.5. The first-order chi connectivity index (χ1) is 8.58. The smallest absolute Gasteiger partial charge is 0.219 e. The lowest BCUT2D eigenvalue weighted by Gasteiger charge is -2.23. The molecule has 0 spiro atoms. The Labute approximate surface area is 107 Å². The lowest BCUT2D eigenvalue weighted by Crippen LogP contribution is -2.33. The molecule has 1 aliphatic rings. The number of benzene rings is 1. The zero-order valence-corrected chi connectivity index (χ0v) is 10.7. The number of nitrogen functional groups attached to an aromatic ring is 2. The van der Waals surface area contributed by atoms with Crippen LogP contribution in [0.4, 0.5) is 17.1 Å². The molecule has 0 bridgehead atoms. The van der Waals surface area contributed by atoms with Gasteiger partial charge in [0.1, 0.15) is 0 Å². The van der Waals surface area contributed by atoms with E-state index in [9.17, 15) is 4.79 Å². The first-order valence-corrected chi connectivity index (χ1v) is 6.23. The molecule has 1 aromatic carbocycles. The summed E-state index contributed by atoms with van der Waals surface area (Å²) in [5, 5.41) is 0. The van der Waals surface area contributed by atoms with Gasteiger partial charge in [0.05, 0.1) is 11.4 Å². The number of amides is 1. The van der Waals surface area contributed by atoms with E-state index in [1.54, 1.807) is 6.92 Å². The Kier molecular flexibility index (Phi) is 3.60. The number of nitrogens with zero attached hydrogens (tertiary/aromatic N) is 2. The topological polar surface area (TPSA) is 75.6 Å². The predicted molar refractivity (Wildman–Crippen MR) is 74.4 cm³/mol. The van der Waals surface area contributed by atoms with Crippen molar-refractivity contribution in [2.75, 3.05) is 42.5 Å². The van der Waals surface area contributed by atoms with Crippen molar-refractivity contribution in [3.8, 4) is 0 Å². The number of nitrogens with two attached hydrogens (primary N) is 2. The fraction of sp³-hybridized carbons (Fsp3) is 0.462. The third-order valence-electron chi connectivity index (χ3n) is 3.38. The van der Waals surface area contributed by atoms with Gasteiger partial charge in [0.15, 0.2) is 0 Å². The molecule has 0 saturated carbocycles. The van der Waals surface area contributed by atoms with Gasteiger partial charge in [0.25, 0.3) is 0 Å². The van der Waals surface area contributed by atoms with Crippen LogP contribution in [0.15, 0.2) is 18.2 Å². The number of rotatable bonds is 1. The summed E-state index contributed by atoms with van der Waals surface area (Å²) in [5.74, 6) is 0.147. The second kappa shape index (κ2) is 5.16. The van der Waals surface area contributed by atoms with E-state index in [0.717, 1.165) is 38.3 Å². The average Bonchev–Trinajstić information content (AvgIpc) is 2.58. The Bertz CT molecular complexity index is 447. The lowest BCUT2D eigenvalue weighted by molar-refractivity contribution is -0.128. The largest absolute Gasteiger partial charge is 0.397 e. The Morgan fingerprint density at radius 2 is 1.89 bits per heavy atom. The van der Waals surface area contributed by atoms with Gasteiger partial charge in [-0.15, -0.1) is 0 Å². The fourth-order valence-corrected chi connectivity index (χ4v) is 2.25. The molecule has 1 aromatic rings. The highest BCUT2D eigenvalue weighted by Crippen LogP contribution is 2.23. The van der Waals surface area contributed by atoms with E-state index >= 15 is 0 Å². The number of hydrogen-bond acceptors (Lipinski definition) is 4. The van der Waals surface area contributed by atoms with E-state index in [2.05, 4.69) is 4.90 Å². The van der Waals surface area contributed by atoms with Crippen LogP contribution in [0.3, 0.4) is 0 Å². The highest BCUT2D eigenvalue weighted by atomic mass is 16.2. The van der Waals surface area contributed by atoms with Crippen molar-refractivity contribution in [1.29, 1.82) is 0 Å². The van der Waals surface area contributed by atoms with Crippen LogP contribution in [-0.4, -0.2) is 37.0 Å². The van der Waals surface area contributed by atoms with Crippen LogP contribution in [0, 0.1) is 0 Å². The zero-order valence-electron chi connectivity index (χ0n) is 10.7. The summed E-state index contributed by atoms with van der Waals surface area (Å²) in [6.45, 7) is 4.99.